The Morgan fingerprint density at radius 1 is 0.762 bits per heavy atom. The average Bonchev–Trinajstić information content (AvgIpc) is 2.48. The lowest BCUT2D eigenvalue weighted by Crippen LogP contribution is -2.64. The molecule has 21 heavy (non-hydrogen) atoms. The van der Waals surface area contributed by atoms with Gasteiger partial charge in [0.1, 0.15) is 0 Å². The minimum absolute atomic E-state index is 0.537. The van der Waals surface area contributed by atoms with Gasteiger partial charge in [-0.3, -0.25) is 0 Å². The van der Waals surface area contributed by atoms with Gasteiger partial charge >= 0.3 is 8.56 Å². The zero-order valence-electron chi connectivity index (χ0n) is 12.5. The molecule has 0 amide bonds. The van der Waals surface area contributed by atoms with Crippen molar-refractivity contribution in [2.24, 2.45) is 0 Å². The Morgan fingerprint density at radius 2 is 1.14 bits per heavy atom. The van der Waals surface area contributed by atoms with E-state index in [0.717, 1.165) is 10.4 Å². The van der Waals surface area contributed by atoms with Gasteiger partial charge in [0.15, 0.2) is 0 Å². The molecule has 0 bridgehead atoms. The molecule has 0 radical (unpaired) electrons. The second kappa shape index (κ2) is 6.75. The van der Waals surface area contributed by atoms with Crippen molar-refractivity contribution < 1.29 is 8.85 Å². The maximum Gasteiger partial charge on any atom is 0.411 e. The van der Waals surface area contributed by atoms with E-state index in [2.05, 4.69) is 0 Å². The third-order valence-corrected chi connectivity index (χ3v) is 7.05. The first-order valence-electron chi connectivity index (χ1n) is 7.13. The van der Waals surface area contributed by atoms with Crippen LogP contribution in [-0.2, 0) is 8.85 Å². The molecule has 0 aliphatic carbocycles. The predicted molar refractivity (Wildman–Crippen MR) is 90.0 cm³/mol. The van der Waals surface area contributed by atoms with Crippen LogP contribution in [0.15, 0.2) is 48.5 Å². The van der Waals surface area contributed by atoms with E-state index in [1.165, 1.54) is 0 Å². The van der Waals surface area contributed by atoms with E-state index in [4.69, 9.17) is 20.3 Å². The van der Waals surface area contributed by atoms with E-state index < -0.39 is 8.56 Å². The first-order chi connectivity index (χ1) is 10.2. The summed E-state index contributed by atoms with van der Waals surface area (Å²) in [6.07, 6.45) is 0. The highest BCUT2D eigenvalue weighted by atomic mass is 28.4. The number of nitrogens with two attached hydrogens (primary N) is 2. The number of benzene rings is 2. The number of para-hydroxylation sites is 2. The minimum Gasteiger partial charge on any atom is -0.399 e. The largest absolute Gasteiger partial charge is 0.411 e. The summed E-state index contributed by atoms with van der Waals surface area (Å²) in [4.78, 5) is 0. The van der Waals surface area contributed by atoms with Crippen LogP contribution >= 0.6 is 0 Å². The summed E-state index contributed by atoms with van der Waals surface area (Å²) in [6.45, 7) is 4.99. The van der Waals surface area contributed by atoms with E-state index in [9.17, 15) is 0 Å². The molecule has 0 aliphatic heterocycles. The van der Waals surface area contributed by atoms with Crippen LogP contribution in [0.3, 0.4) is 0 Å². The Balaban J connectivity index is 2.69. The fourth-order valence-corrected chi connectivity index (χ4v) is 5.86. The first kappa shape index (κ1) is 15.6. The van der Waals surface area contributed by atoms with Crippen molar-refractivity contribution in [3.05, 3.63) is 48.5 Å². The predicted octanol–water partition coefficient (Wildman–Crippen LogP) is 1.48. The van der Waals surface area contributed by atoms with Crippen LogP contribution in [0, 0.1) is 0 Å². The van der Waals surface area contributed by atoms with Crippen LogP contribution in [0.4, 0.5) is 11.4 Å². The highest BCUT2D eigenvalue weighted by molar-refractivity contribution is 6.94. The molecule has 0 heterocycles. The van der Waals surface area contributed by atoms with Crippen molar-refractivity contribution in [1.29, 1.82) is 0 Å². The Bertz CT molecular complexity index is 551. The number of hydrogen-bond donors (Lipinski definition) is 2. The second-order valence-electron chi connectivity index (χ2n) is 4.66. The van der Waals surface area contributed by atoms with Gasteiger partial charge in [-0.1, -0.05) is 36.4 Å². The van der Waals surface area contributed by atoms with Crippen LogP contribution in [-0.4, -0.2) is 21.8 Å². The standard InChI is InChI=1S/C16H22N2O2Si/c1-3-19-21(20-4-2,15-11-7-5-9-13(15)17)16-12-8-6-10-14(16)18/h5-12H,3-4,17-18H2,1-2H3. The molecular weight excluding hydrogens is 280 g/mol. The number of hydrogen-bond acceptors (Lipinski definition) is 4. The van der Waals surface area contributed by atoms with Gasteiger partial charge in [0.25, 0.3) is 0 Å². The minimum atomic E-state index is -2.89. The van der Waals surface area contributed by atoms with Crippen LogP contribution in [0.2, 0.25) is 0 Å². The topological polar surface area (TPSA) is 70.5 Å². The quantitative estimate of drug-likeness (QED) is 0.626. The van der Waals surface area contributed by atoms with Crippen molar-refractivity contribution in [2.75, 3.05) is 24.7 Å². The van der Waals surface area contributed by atoms with Gasteiger partial charge in [0.05, 0.1) is 0 Å². The van der Waals surface area contributed by atoms with Crippen LogP contribution in [0.5, 0.6) is 0 Å². The van der Waals surface area contributed by atoms with E-state index in [1.54, 1.807) is 0 Å². The van der Waals surface area contributed by atoms with E-state index in [1.807, 2.05) is 62.4 Å². The van der Waals surface area contributed by atoms with E-state index >= 15 is 0 Å². The van der Waals surface area contributed by atoms with Crippen LogP contribution < -0.4 is 21.8 Å². The van der Waals surface area contributed by atoms with Crippen molar-refractivity contribution in [2.45, 2.75) is 13.8 Å². The van der Waals surface area contributed by atoms with Gasteiger partial charge in [-0.05, 0) is 26.0 Å². The lowest BCUT2D eigenvalue weighted by Gasteiger charge is -2.32. The summed E-state index contributed by atoms with van der Waals surface area (Å²) in [5, 5.41) is 1.82. The lowest BCUT2D eigenvalue weighted by molar-refractivity contribution is 0.209. The summed E-state index contributed by atoms with van der Waals surface area (Å²) in [5.74, 6) is 0. The van der Waals surface area contributed by atoms with Gasteiger partial charge in [0, 0.05) is 35.0 Å². The molecule has 2 rings (SSSR count). The number of rotatable bonds is 6. The van der Waals surface area contributed by atoms with Gasteiger partial charge in [0.2, 0.25) is 0 Å². The van der Waals surface area contributed by atoms with Crippen LogP contribution in [0.1, 0.15) is 13.8 Å². The Hall–Kier alpha value is -1.82. The van der Waals surface area contributed by atoms with Gasteiger partial charge in [-0.25, -0.2) is 0 Å². The van der Waals surface area contributed by atoms with Crippen molar-refractivity contribution in [3.63, 3.8) is 0 Å². The molecule has 0 saturated heterocycles. The Morgan fingerprint density at radius 3 is 1.48 bits per heavy atom. The summed E-state index contributed by atoms with van der Waals surface area (Å²) in [5.41, 5.74) is 13.7. The molecule has 4 N–H and O–H groups in total. The summed E-state index contributed by atoms with van der Waals surface area (Å²) < 4.78 is 12.3. The molecule has 0 fully saturated rings. The Labute approximate surface area is 126 Å². The summed E-state index contributed by atoms with van der Waals surface area (Å²) >= 11 is 0. The monoisotopic (exact) mass is 302 g/mol. The molecule has 2 aromatic carbocycles. The molecule has 4 nitrogen and oxygen atoms in total. The number of anilines is 2. The molecule has 0 unspecified atom stereocenters. The smallest absolute Gasteiger partial charge is 0.399 e. The van der Waals surface area contributed by atoms with Crippen LogP contribution in [0.25, 0.3) is 0 Å². The zero-order chi connectivity index (χ0) is 15.3. The van der Waals surface area contributed by atoms with Crippen molar-refractivity contribution in [1.82, 2.24) is 0 Å². The van der Waals surface area contributed by atoms with Crippen molar-refractivity contribution in [3.8, 4) is 0 Å². The highest BCUT2D eigenvalue weighted by Crippen LogP contribution is 2.16. The number of nitrogen functional groups attached to an aromatic ring is 2. The van der Waals surface area contributed by atoms with Gasteiger partial charge in [-0.2, -0.15) is 0 Å². The van der Waals surface area contributed by atoms with Gasteiger partial charge in [-0.15, -0.1) is 0 Å². The average molecular weight is 302 g/mol. The molecular formula is C16H22N2O2Si. The third kappa shape index (κ3) is 2.95. The molecule has 112 valence electrons. The third-order valence-electron chi connectivity index (χ3n) is 3.33. The highest BCUT2D eigenvalue weighted by Gasteiger charge is 2.45. The van der Waals surface area contributed by atoms with E-state index in [0.29, 0.717) is 24.6 Å². The summed E-state index contributed by atoms with van der Waals surface area (Å²) in [6, 6.07) is 15.4. The molecule has 0 saturated carbocycles. The maximum atomic E-state index is 6.19. The SMILES string of the molecule is CCO[Si](OCC)(c1ccccc1N)c1ccccc1N. The molecule has 2 aromatic rings. The first-order valence-corrected chi connectivity index (χ1v) is 8.95. The normalized spacial score (nSPS) is 11.5. The van der Waals surface area contributed by atoms with Crippen molar-refractivity contribution >= 4 is 30.3 Å². The lowest BCUT2D eigenvalue weighted by atomic mass is 10.3. The maximum absolute atomic E-state index is 6.19. The molecule has 0 atom stereocenters. The zero-order valence-corrected chi connectivity index (χ0v) is 13.5. The molecule has 0 aliphatic rings. The fourth-order valence-electron chi connectivity index (χ4n) is 2.50. The molecule has 0 aromatic heterocycles. The second-order valence-corrected chi connectivity index (χ2v) is 7.54. The Kier molecular flexibility index (Phi) is 5.01. The van der Waals surface area contributed by atoms with E-state index in [-0.39, 0.29) is 0 Å². The fraction of sp³-hybridized carbons (Fsp3) is 0.250. The molecule has 0 spiro atoms. The van der Waals surface area contributed by atoms with Gasteiger partial charge < -0.3 is 20.3 Å². The summed E-state index contributed by atoms with van der Waals surface area (Å²) in [7, 11) is -2.89. The molecule has 5 heteroatoms.